The van der Waals surface area contributed by atoms with Gasteiger partial charge < -0.3 is 9.47 Å². The third-order valence-electron chi connectivity index (χ3n) is 3.85. The highest BCUT2D eigenvalue weighted by atomic mass is 16.7. The minimum Gasteiger partial charge on any atom is -0.372 e. The highest BCUT2D eigenvalue weighted by Crippen LogP contribution is 2.38. The number of ether oxygens (including phenoxy) is 2. The fourth-order valence-electron chi connectivity index (χ4n) is 2.88. The molecule has 0 spiro atoms. The summed E-state index contributed by atoms with van der Waals surface area (Å²) in [7, 11) is 0. The second kappa shape index (κ2) is 6.42. The van der Waals surface area contributed by atoms with Crippen LogP contribution in [0.4, 0.5) is 0 Å². The van der Waals surface area contributed by atoms with Crippen LogP contribution in [0.1, 0.15) is 33.4 Å². The van der Waals surface area contributed by atoms with Crippen molar-refractivity contribution in [2.45, 2.75) is 33.5 Å². The Morgan fingerprint density at radius 3 is 1.43 bits per heavy atom. The normalized spacial score (nSPS) is 10.5. The second-order valence-corrected chi connectivity index (χ2v) is 5.64. The monoisotopic (exact) mass is 306 g/mol. The highest BCUT2D eigenvalue weighted by molar-refractivity contribution is 5.45. The van der Waals surface area contributed by atoms with Crippen molar-refractivity contribution in [2.24, 2.45) is 0 Å². The van der Waals surface area contributed by atoms with Crippen LogP contribution >= 0.6 is 0 Å². The van der Waals surface area contributed by atoms with Gasteiger partial charge in [0.25, 0.3) is 12.5 Å². The van der Waals surface area contributed by atoms with E-state index in [4.69, 9.17) is 9.47 Å². The lowest BCUT2D eigenvalue weighted by molar-refractivity contribution is -0.132. The van der Waals surface area contributed by atoms with Crippen LogP contribution in [-0.4, -0.2) is 0 Å². The predicted octanol–water partition coefficient (Wildman–Crippen LogP) is 4.12. The Bertz CT molecular complexity index is 744. The lowest BCUT2D eigenvalue weighted by atomic mass is 9.89. The summed E-state index contributed by atoms with van der Waals surface area (Å²) < 4.78 is 10.7. The fourth-order valence-corrected chi connectivity index (χ4v) is 2.88. The molecule has 4 heteroatoms. The average Bonchev–Trinajstić information content (AvgIpc) is 2.47. The first-order chi connectivity index (χ1) is 10.9. The van der Waals surface area contributed by atoms with Gasteiger partial charge in [0.2, 0.25) is 0 Å². The molecule has 0 aliphatic heterocycles. The molecule has 0 saturated heterocycles. The summed E-state index contributed by atoms with van der Waals surface area (Å²) in [5.74, 6) is -1.57. The summed E-state index contributed by atoms with van der Waals surface area (Å²) in [4.78, 5) is 0. The highest BCUT2D eigenvalue weighted by Gasteiger charge is 2.42. The second-order valence-electron chi connectivity index (χ2n) is 5.64. The van der Waals surface area contributed by atoms with Crippen molar-refractivity contribution in [3.8, 4) is 12.5 Å². The largest absolute Gasteiger partial charge is 0.372 e. The van der Waals surface area contributed by atoms with Gasteiger partial charge in [-0.15, -0.1) is 0 Å². The number of aryl methyl sites for hydroxylation is 4. The predicted molar refractivity (Wildman–Crippen MR) is 86.0 cm³/mol. The van der Waals surface area contributed by atoms with Crippen molar-refractivity contribution in [3.05, 3.63) is 69.8 Å². The van der Waals surface area contributed by atoms with Gasteiger partial charge in [-0.3, -0.25) is 0 Å². The van der Waals surface area contributed by atoms with Gasteiger partial charge in [0.15, 0.2) is 0 Å². The molecule has 0 unspecified atom stereocenters. The number of benzene rings is 2. The van der Waals surface area contributed by atoms with E-state index in [2.05, 4.69) is 0 Å². The third kappa shape index (κ3) is 2.98. The molecule has 0 radical (unpaired) electrons. The number of hydrogen-bond donors (Lipinski definition) is 0. The molecular formula is C19H18N2O2. The third-order valence-corrected chi connectivity index (χ3v) is 3.85. The van der Waals surface area contributed by atoms with E-state index in [-0.39, 0.29) is 0 Å². The Labute approximate surface area is 136 Å². The van der Waals surface area contributed by atoms with Crippen LogP contribution in [0, 0.1) is 50.7 Å². The van der Waals surface area contributed by atoms with Gasteiger partial charge in [-0.1, -0.05) is 47.5 Å². The summed E-state index contributed by atoms with van der Waals surface area (Å²) in [5.41, 5.74) is 5.20. The molecule has 0 N–H and O–H groups in total. The molecular weight excluding hydrogens is 288 g/mol. The quantitative estimate of drug-likeness (QED) is 0.629. The fraction of sp³-hybridized carbons (Fsp3) is 0.263. The average molecular weight is 306 g/mol. The van der Waals surface area contributed by atoms with Crippen LogP contribution < -0.4 is 0 Å². The van der Waals surface area contributed by atoms with E-state index in [1.165, 1.54) is 0 Å². The molecule has 0 heterocycles. The van der Waals surface area contributed by atoms with Crippen LogP contribution in [0.2, 0.25) is 0 Å². The molecule has 0 atom stereocenters. The smallest absolute Gasteiger partial charge is 0.328 e. The Balaban J connectivity index is 2.79. The molecule has 2 aromatic carbocycles. The number of rotatable bonds is 4. The van der Waals surface area contributed by atoms with Crippen molar-refractivity contribution >= 4 is 0 Å². The molecule has 0 aliphatic carbocycles. The zero-order valence-electron chi connectivity index (χ0n) is 13.7. The first-order valence-corrected chi connectivity index (χ1v) is 7.24. The van der Waals surface area contributed by atoms with E-state index in [0.29, 0.717) is 11.1 Å². The van der Waals surface area contributed by atoms with Crippen molar-refractivity contribution in [3.63, 3.8) is 0 Å². The summed E-state index contributed by atoms with van der Waals surface area (Å²) in [6.45, 7) is 7.77. The van der Waals surface area contributed by atoms with Crippen molar-refractivity contribution < 1.29 is 9.47 Å². The van der Waals surface area contributed by atoms with E-state index in [1.54, 1.807) is 12.5 Å². The SMILES string of the molecule is Cc1ccc(C(OC#N)(OC#N)c2ccc(C)cc2C)c(C)c1. The topological polar surface area (TPSA) is 66.0 Å². The Kier molecular flexibility index (Phi) is 4.57. The van der Waals surface area contributed by atoms with Crippen LogP contribution in [-0.2, 0) is 15.3 Å². The van der Waals surface area contributed by atoms with Gasteiger partial charge in [-0.2, -0.15) is 10.5 Å². The van der Waals surface area contributed by atoms with Crippen LogP contribution in [0.5, 0.6) is 0 Å². The molecule has 2 aromatic rings. The first-order valence-electron chi connectivity index (χ1n) is 7.24. The maximum absolute atomic E-state index is 9.18. The minimum atomic E-state index is -1.57. The maximum atomic E-state index is 9.18. The van der Waals surface area contributed by atoms with E-state index < -0.39 is 5.79 Å². The molecule has 0 aromatic heterocycles. The molecule has 0 aliphatic rings. The van der Waals surface area contributed by atoms with Crippen molar-refractivity contribution in [1.82, 2.24) is 0 Å². The van der Waals surface area contributed by atoms with Gasteiger partial charge in [-0.05, 0) is 38.8 Å². The molecule has 4 nitrogen and oxygen atoms in total. The van der Waals surface area contributed by atoms with Crippen molar-refractivity contribution in [1.29, 1.82) is 10.5 Å². The summed E-state index contributed by atoms with van der Waals surface area (Å²) in [5, 5.41) is 18.4. The van der Waals surface area contributed by atoms with Gasteiger partial charge in [-0.25, -0.2) is 0 Å². The van der Waals surface area contributed by atoms with Crippen LogP contribution in [0.25, 0.3) is 0 Å². The van der Waals surface area contributed by atoms with Gasteiger partial charge >= 0.3 is 5.79 Å². The van der Waals surface area contributed by atoms with E-state index >= 15 is 0 Å². The van der Waals surface area contributed by atoms with E-state index in [1.807, 2.05) is 64.1 Å². The van der Waals surface area contributed by atoms with Gasteiger partial charge in [0.05, 0.1) is 0 Å². The standard InChI is InChI=1S/C19H18N2O2/c1-13-5-7-17(15(3)9-13)19(22-11-20,23-12-21)18-8-6-14(2)10-16(18)4/h5-10H,1-4H3. The molecule has 0 fully saturated rings. The molecule has 0 amide bonds. The molecule has 116 valence electrons. The van der Waals surface area contributed by atoms with Gasteiger partial charge in [0, 0.05) is 11.1 Å². The molecule has 0 saturated carbocycles. The van der Waals surface area contributed by atoms with Crippen LogP contribution in [0.15, 0.2) is 36.4 Å². The number of hydrogen-bond acceptors (Lipinski definition) is 4. The van der Waals surface area contributed by atoms with Crippen LogP contribution in [0.3, 0.4) is 0 Å². The Hall–Kier alpha value is -2.98. The number of nitriles is 2. The Morgan fingerprint density at radius 2 is 1.13 bits per heavy atom. The molecule has 23 heavy (non-hydrogen) atoms. The maximum Gasteiger partial charge on any atom is 0.328 e. The summed E-state index contributed by atoms with van der Waals surface area (Å²) >= 11 is 0. The summed E-state index contributed by atoms with van der Waals surface area (Å²) in [6, 6.07) is 11.4. The Morgan fingerprint density at radius 1 is 0.739 bits per heavy atom. The van der Waals surface area contributed by atoms with Gasteiger partial charge in [0.1, 0.15) is 0 Å². The zero-order chi connectivity index (χ0) is 17.0. The zero-order valence-corrected chi connectivity index (χ0v) is 13.7. The molecule has 0 bridgehead atoms. The first kappa shape index (κ1) is 16.4. The number of nitrogens with zero attached hydrogens (tertiary/aromatic N) is 2. The lowest BCUT2D eigenvalue weighted by Crippen LogP contribution is -2.33. The lowest BCUT2D eigenvalue weighted by Gasteiger charge is -2.31. The van der Waals surface area contributed by atoms with Crippen molar-refractivity contribution in [2.75, 3.05) is 0 Å². The minimum absolute atomic E-state index is 0.637. The summed E-state index contributed by atoms with van der Waals surface area (Å²) in [6.07, 6.45) is 3.40. The van der Waals surface area contributed by atoms with E-state index in [0.717, 1.165) is 22.3 Å². The molecule has 2 rings (SSSR count). The van der Waals surface area contributed by atoms with E-state index in [9.17, 15) is 10.5 Å².